The molecule has 4 aromatic carbocycles. The Morgan fingerprint density at radius 1 is 0.767 bits per heavy atom. The predicted octanol–water partition coefficient (Wildman–Crippen LogP) is 9.09. The van der Waals surface area contributed by atoms with Crippen LogP contribution in [0.15, 0.2) is 78.9 Å². The average Bonchev–Trinajstić information content (AvgIpc) is 3.29. The van der Waals surface area contributed by atoms with Crippen molar-refractivity contribution in [2.24, 2.45) is 12.8 Å². The molecule has 1 heterocycles. The van der Waals surface area contributed by atoms with Crippen molar-refractivity contribution in [2.45, 2.75) is 6.18 Å². The lowest BCUT2D eigenvalue weighted by atomic mass is 9.94. The summed E-state index contributed by atoms with van der Waals surface area (Å²) < 4.78 is 95.0. The molecule has 0 fully saturated rings. The molecule has 0 aliphatic heterocycles. The zero-order valence-corrected chi connectivity index (χ0v) is 23.3. The van der Waals surface area contributed by atoms with Crippen LogP contribution < -0.4 is 5.73 Å². The van der Waals surface area contributed by atoms with Gasteiger partial charge in [0, 0.05) is 12.6 Å². The second kappa shape index (κ2) is 12.5. The highest BCUT2D eigenvalue weighted by Gasteiger charge is 2.41. The first kappa shape index (κ1) is 31.6. The van der Waals surface area contributed by atoms with Crippen LogP contribution in [0.1, 0.15) is 16.1 Å². The predicted molar refractivity (Wildman–Crippen MR) is 149 cm³/mol. The van der Waals surface area contributed by atoms with Gasteiger partial charge in [0.1, 0.15) is 11.6 Å². The molecule has 222 valence electrons. The normalized spacial score (nSPS) is 11.2. The summed E-state index contributed by atoms with van der Waals surface area (Å²) in [5.74, 6) is -5.11. The lowest BCUT2D eigenvalue weighted by Gasteiger charge is -2.13. The molecule has 0 aliphatic carbocycles. The number of hydrogen-bond acceptors (Lipinski definition) is 2. The molecule has 1 amide bonds. The molecule has 0 saturated carbocycles. The summed E-state index contributed by atoms with van der Waals surface area (Å²) in [4.78, 5) is 11.8. The number of carbonyl (C=O) groups is 1. The number of benzene rings is 4. The number of carbonyl (C=O) groups excluding carboxylic acids is 1. The van der Waals surface area contributed by atoms with Crippen molar-refractivity contribution >= 4 is 29.1 Å². The standard InChI is InChI=1S/C18H11F6N3O.C12H7Cl2F/c1-27-15(14(17(25)28)16(26-27)18(22,23)24)13-9(3-2-4-11(13)20)8-5-6-10(19)12(21)7-8;13-11-5-4-9(7-12(11)14)8-2-1-3-10(15)6-8/h2-7H,1H3,(H2,25,28);1-7H. The summed E-state index contributed by atoms with van der Waals surface area (Å²) >= 11 is 11.7. The summed E-state index contributed by atoms with van der Waals surface area (Å²) in [6, 6.07) is 17.7. The van der Waals surface area contributed by atoms with Crippen LogP contribution in [0.2, 0.25) is 10.0 Å². The molecular formula is C30H18Cl2F7N3O. The SMILES string of the molecule is Cn1nc(C(F)(F)F)c(C(N)=O)c1-c1c(F)cccc1-c1ccc(F)c(F)c1.Fc1cccc(-c2ccc(Cl)c(Cl)c2)c1. The van der Waals surface area contributed by atoms with E-state index in [4.69, 9.17) is 28.9 Å². The largest absolute Gasteiger partial charge is 0.435 e. The van der Waals surface area contributed by atoms with E-state index in [0.717, 1.165) is 42.4 Å². The molecule has 0 spiro atoms. The summed E-state index contributed by atoms with van der Waals surface area (Å²) in [5.41, 5.74) is 3.09. The molecular weight excluding hydrogens is 622 g/mol. The molecule has 0 saturated heterocycles. The van der Waals surface area contributed by atoms with E-state index in [0.29, 0.717) is 14.7 Å². The fraction of sp³-hybridized carbons (Fsp3) is 0.0667. The number of primary amides is 1. The summed E-state index contributed by atoms with van der Waals surface area (Å²) in [7, 11) is 1.08. The van der Waals surface area contributed by atoms with Crippen LogP contribution in [0, 0.1) is 23.3 Å². The first-order chi connectivity index (χ1) is 20.2. The smallest absolute Gasteiger partial charge is 0.365 e. The number of rotatable bonds is 4. The molecule has 2 N–H and O–H groups in total. The number of nitrogens with zero attached hydrogens (tertiary/aromatic N) is 2. The molecule has 5 aromatic rings. The Hall–Kier alpha value is -4.35. The van der Waals surface area contributed by atoms with Gasteiger partial charge in [0.2, 0.25) is 0 Å². The first-order valence-electron chi connectivity index (χ1n) is 12.1. The number of nitrogens with two attached hydrogens (primary N) is 1. The zero-order chi connectivity index (χ0) is 31.6. The van der Waals surface area contributed by atoms with Crippen molar-refractivity contribution in [2.75, 3.05) is 0 Å². The number of hydrogen-bond donors (Lipinski definition) is 1. The van der Waals surface area contributed by atoms with Crippen molar-refractivity contribution < 1.29 is 35.5 Å². The van der Waals surface area contributed by atoms with Gasteiger partial charge < -0.3 is 5.73 Å². The Kier molecular flexibility index (Phi) is 9.17. The van der Waals surface area contributed by atoms with Gasteiger partial charge in [-0.25, -0.2) is 17.6 Å². The van der Waals surface area contributed by atoms with E-state index in [1.807, 2.05) is 12.1 Å². The highest BCUT2D eigenvalue weighted by molar-refractivity contribution is 6.42. The van der Waals surface area contributed by atoms with Crippen LogP contribution in [-0.2, 0) is 13.2 Å². The Morgan fingerprint density at radius 3 is 2.02 bits per heavy atom. The van der Waals surface area contributed by atoms with Crippen LogP contribution in [0.25, 0.3) is 33.5 Å². The van der Waals surface area contributed by atoms with Crippen molar-refractivity contribution in [1.82, 2.24) is 9.78 Å². The van der Waals surface area contributed by atoms with E-state index in [-0.39, 0.29) is 16.9 Å². The average molecular weight is 640 g/mol. The van der Waals surface area contributed by atoms with Crippen molar-refractivity contribution in [3.8, 4) is 33.5 Å². The minimum Gasteiger partial charge on any atom is -0.365 e. The Bertz CT molecular complexity index is 1840. The molecule has 0 unspecified atom stereocenters. The lowest BCUT2D eigenvalue weighted by molar-refractivity contribution is -0.141. The summed E-state index contributed by atoms with van der Waals surface area (Å²) in [5, 5.41) is 4.24. The quantitative estimate of drug-likeness (QED) is 0.199. The second-order valence-corrected chi connectivity index (χ2v) is 9.80. The van der Waals surface area contributed by atoms with Crippen LogP contribution in [0.5, 0.6) is 0 Å². The van der Waals surface area contributed by atoms with Gasteiger partial charge in [-0.05, 0) is 64.7 Å². The molecule has 0 atom stereocenters. The maximum Gasteiger partial charge on any atom is 0.435 e. The monoisotopic (exact) mass is 639 g/mol. The van der Waals surface area contributed by atoms with Crippen molar-refractivity contribution in [1.29, 1.82) is 0 Å². The summed E-state index contributed by atoms with van der Waals surface area (Å²) in [6.45, 7) is 0. The van der Waals surface area contributed by atoms with Crippen LogP contribution in [0.3, 0.4) is 0 Å². The minimum atomic E-state index is -5.02. The van der Waals surface area contributed by atoms with Gasteiger partial charge in [0.15, 0.2) is 17.3 Å². The Balaban J connectivity index is 0.000000237. The molecule has 13 heteroatoms. The maximum absolute atomic E-state index is 14.7. The zero-order valence-electron chi connectivity index (χ0n) is 21.8. The van der Waals surface area contributed by atoms with E-state index < -0.39 is 52.0 Å². The highest BCUT2D eigenvalue weighted by atomic mass is 35.5. The Morgan fingerprint density at radius 2 is 1.42 bits per heavy atom. The third-order valence-corrected chi connectivity index (χ3v) is 6.86. The number of amides is 1. The van der Waals surface area contributed by atoms with Gasteiger partial charge in [0.05, 0.1) is 21.3 Å². The van der Waals surface area contributed by atoms with Gasteiger partial charge in [-0.1, -0.05) is 59.6 Å². The number of aryl methyl sites for hydroxylation is 1. The van der Waals surface area contributed by atoms with Gasteiger partial charge in [0.25, 0.3) is 5.91 Å². The van der Waals surface area contributed by atoms with Gasteiger partial charge in [-0.2, -0.15) is 18.3 Å². The highest BCUT2D eigenvalue weighted by Crippen LogP contribution is 2.41. The second-order valence-electron chi connectivity index (χ2n) is 8.99. The molecule has 0 bridgehead atoms. The third-order valence-electron chi connectivity index (χ3n) is 6.12. The van der Waals surface area contributed by atoms with E-state index in [1.54, 1.807) is 18.2 Å². The molecule has 1 aromatic heterocycles. The van der Waals surface area contributed by atoms with E-state index >= 15 is 0 Å². The third kappa shape index (κ3) is 6.84. The number of aromatic nitrogens is 2. The summed E-state index contributed by atoms with van der Waals surface area (Å²) in [6.07, 6.45) is -5.02. The fourth-order valence-corrected chi connectivity index (χ4v) is 4.55. The van der Waals surface area contributed by atoms with Crippen molar-refractivity contribution in [3.63, 3.8) is 0 Å². The number of halogens is 9. The van der Waals surface area contributed by atoms with E-state index in [1.165, 1.54) is 24.3 Å². The number of alkyl halides is 3. The van der Waals surface area contributed by atoms with Gasteiger partial charge >= 0.3 is 6.18 Å². The van der Waals surface area contributed by atoms with E-state index in [2.05, 4.69) is 5.10 Å². The lowest BCUT2D eigenvalue weighted by Crippen LogP contribution is -2.18. The molecule has 0 radical (unpaired) electrons. The van der Waals surface area contributed by atoms with Crippen LogP contribution in [0.4, 0.5) is 30.7 Å². The van der Waals surface area contributed by atoms with Gasteiger partial charge in [-0.3, -0.25) is 9.48 Å². The molecule has 43 heavy (non-hydrogen) atoms. The topological polar surface area (TPSA) is 60.9 Å². The van der Waals surface area contributed by atoms with Gasteiger partial charge in [-0.15, -0.1) is 0 Å². The Labute approximate surface area is 250 Å². The van der Waals surface area contributed by atoms with Crippen LogP contribution in [-0.4, -0.2) is 15.7 Å². The molecule has 5 rings (SSSR count). The van der Waals surface area contributed by atoms with Crippen molar-refractivity contribution in [3.05, 3.63) is 123 Å². The first-order valence-corrected chi connectivity index (χ1v) is 12.8. The molecule has 4 nitrogen and oxygen atoms in total. The molecule has 0 aliphatic rings. The van der Waals surface area contributed by atoms with E-state index in [9.17, 15) is 35.5 Å². The maximum atomic E-state index is 14.7. The minimum absolute atomic E-state index is 0.0152. The van der Waals surface area contributed by atoms with Crippen LogP contribution >= 0.6 is 23.2 Å². The fourth-order valence-electron chi connectivity index (χ4n) is 4.26.